The predicted octanol–water partition coefficient (Wildman–Crippen LogP) is 3.96. The number of hydrogen-bond donors (Lipinski definition) is 1. The number of para-hydroxylation sites is 1. The molecule has 174 valence electrons. The van der Waals surface area contributed by atoms with Gasteiger partial charge in [0, 0.05) is 44.4 Å². The lowest BCUT2D eigenvalue weighted by molar-refractivity contribution is 0.142. The summed E-state index contributed by atoms with van der Waals surface area (Å²) in [5.74, 6) is -0.330. The van der Waals surface area contributed by atoms with Crippen LogP contribution in [0.2, 0.25) is 5.02 Å². The molecule has 0 radical (unpaired) electrons. The molecule has 1 aliphatic heterocycles. The van der Waals surface area contributed by atoms with E-state index in [9.17, 15) is 14.0 Å². The molecule has 0 saturated carbocycles. The first-order valence-corrected chi connectivity index (χ1v) is 11.8. The number of carbonyl (C=O) groups is 1. The molecule has 0 unspecified atom stereocenters. The molecule has 0 aliphatic carbocycles. The van der Waals surface area contributed by atoms with Crippen molar-refractivity contribution in [2.75, 3.05) is 31.5 Å². The monoisotopic (exact) mass is 498 g/mol. The number of nitrogens with one attached hydrogen (secondary N) is 1. The molecule has 0 spiro atoms. The average Bonchev–Trinajstić information content (AvgIpc) is 3.26. The Labute approximate surface area is 203 Å². The minimum Gasteiger partial charge on any atom is -0.322 e. The summed E-state index contributed by atoms with van der Waals surface area (Å²) in [5, 5.41) is 8.27. The van der Waals surface area contributed by atoms with E-state index < -0.39 is 0 Å². The molecule has 8 nitrogen and oxygen atoms in total. The van der Waals surface area contributed by atoms with Crippen LogP contribution in [0.25, 0.3) is 15.5 Å². The maximum absolute atomic E-state index is 13.2. The van der Waals surface area contributed by atoms with E-state index in [1.165, 1.54) is 34.1 Å². The van der Waals surface area contributed by atoms with Gasteiger partial charge in [0.1, 0.15) is 10.8 Å². The van der Waals surface area contributed by atoms with Crippen LogP contribution in [0.3, 0.4) is 0 Å². The second-order valence-electron chi connectivity index (χ2n) is 7.87. The Morgan fingerprint density at radius 2 is 1.82 bits per heavy atom. The number of nitrogens with zero attached hydrogens (tertiary/aromatic N) is 5. The van der Waals surface area contributed by atoms with Crippen molar-refractivity contribution in [1.29, 1.82) is 0 Å². The van der Waals surface area contributed by atoms with Crippen LogP contribution in [0.1, 0.15) is 5.69 Å². The van der Waals surface area contributed by atoms with Crippen molar-refractivity contribution in [3.05, 3.63) is 81.5 Å². The molecule has 1 fully saturated rings. The predicted molar refractivity (Wildman–Crippen MR) is 130 cm³/mol. The van der Waals surface area contributed by atoms with Crippen LogP contribution in [-0.2, 0) is 6.54 Å². The fraction of sp³-hybridized carbons (Fsp3) is 0.217. The first-order valence-electron chi connectivity index (χ1n) is 10.6. The SMILES string of the molecule is O=C(Nc1ccccc1Cl)N1CCN(Cc2cc(=O)n3nc(-c4ccc(F)cc4)sc3n2)CC1. The van der Waals surface area contributed by atoms with Gasteiger partial charge in [-0.2, -0.15) is 9.61 Å². The summed E-state index contributed by atoms with van der Waals surface area (Å²) in [6, 6.07) is 14.4. The third-order valence-corrected chi connectivity index (χ3v) is 6.84. The molecule has 1 saturated heterocycles. The van der Waals surface area contributed by atoms with Gasteiger partial charge in [-0.05, 0) is 36.4 Å². The highest BCUT2D eigenvalue weighted by Crippen LogP contribution is 2.25. The van der Waals surface area contributed by atoms with Crippen molar-refractivity contribution in [2.24, 2.45) is 0 Å². The van der Waals surface area contributed by atoms with E-state index in [-0.39, 0.29) is 17.4 Å². The largest absolute Gasteiger partial charge is 0.322 e. The molecule has 1 N–H and O–H groups in total. The van der Waals surface area contributed by atoms with Crippen LogP contribution in [-0.4, -0.2) is 56.6 Å². The highest BCUT2D eigenvalue weighted by Gasteiger charge is 2.22. The van der Waals surface area contributed by atoms with Gasteiger partial charge in [0.25, 0.3) is 5.56 Å². The topological polar surface area (TPSA) is 82.8 Å². The molecule has 2 aromatic heterocycles. The van der Waals surface area contributed by atoms with Crippen LogP contribution < -0.4 is 10.9 Å². The molecule has 0 bridgehead atoms. The van der Waals surface area contributed by atoms with Crippen molar-refractivity contribution in [3.63, 3.8) is 0 Å². The van der Waals surface area contributed by atoms with Crippen molar-refractivity contribution in [3.8, 4) is 10.6 Å². The first-order chi connectivity index (χ1) is 16.5. The molecule has 2 amide bonds. The van der Waals surface area contributed by atoms with Crippen LogP contribution in [0, 0.1) is 5.82 Å². The molecular formula is C23H20ClFN6O2S. The second-order valence-corrected chi connectivity index (χ2v) is 9.23. The van der Waals surface area contributed by atoms with Crippen molar-refractivity contribution >= 4 is 39.6 Å². The minimum atomic E-state index is -0.330. The molecule has 4 aromatic rings. The quantitative estimate of drug-likeness (QED) is 0.460. The molecule has 11 heteroatoms. The number of piperazine rings is 1. The molecule has 3 heterocycles. The molecule has 34 heavy (non-hydrogen) atoms. The van der Waals surface area contributed by atoms with E-state index in [1.54, 1.807) is 29.2 Å². The summed E-state index contributed by atoms with van der Waals surface area (Å²) < 4.78 is 14.5. The second kappa shape index (κ2) is 9.49. The van der Waals surface area contributed by atoms with E-state index in [1.807, 2.05) is 12.1 Å². The third-order valence-electron chi connectivity index (χ3n) is 5.55. The van der Waals surface area contributed by atoms with Crippen molar-refractivity contribution < 1.29 is 9.18 Å². The van der Waals surface area contributed by atoms with E-state index in [2.05, 4.69) is 20.3 Å². The number of halogens is 2. The van der Waals surface area contributed by atoms with Crippen LogP contribution in [0.4, 0.5) is 14.9 Å². The number of anilines is 1. The summed E-state index contributed by atoms with van der Waals surface area (Å²) in [5.41, 5.74) is 1.69. The highest BCUT2D eigenvalue weighted by molar-refractivity contribution is 7.19. The molecular weight excluding hydrogens is 479 g/mol. The number of aromatic nitrogens is 3. The lowest BCUT2D eigenvalue weighted by atomic mass is 10.2. The summed E-state index contributed by atoms with van der Waals surface area (Å²) in [4.78, 5) is 34.2. The number of rotatable bonds is 4. The average molecular weight is 499 g/mol. The fourth-order valence-corrected chi connectivity index (χ4v) is 4.85. The number of hydrogen-bond acceptors (Lipinski definition) is 6. The van der Waals surface area contributed by atoms with Gasteiger partial charge in [-0.1, -0.05) is 35.1 Å². The van der Waals surface area contributed by atoms with Crippen molar-refractivity contribution in [1.82, 2.24) is 24.4 Å². The number of urea groups is 1. The zero-order chi connectivity index (χ0) is 23.7. The van der Waals surface area contributed by atoms with Crippen LogP contribution in [0.15, 0.2) is 59.4 Å². The third kappa shape index (κ3) is 4.79. The smallest absolute Gasteiger partial charge is 0.321 e. The Morgan fingerprint density at radius 1 is 1.09 bits per heavy atom. The lowest BCUT2D eigenvalue weighted by Gasteiger charge is -2.34. The summed E-state index contributed by atoms with van der Waals surface area (Å²) >= 11 is 7.40. The van der Waals surface area contributed by atoms with Crippen LogP contribution >= 0.6 is 22.9 Å². The molecule has 5 rings (SSSR count). The van der Waals surface area contributed by atoms with Gasteiger partial charge in [0.2, 0.25) is 4.96 Å². The summed E-state index contributed by atoms with van der Waals surface area (Å²) in [6.07, 6.45) is 0. The van der Waals surface area contributed by atoms with E-state index in [0.717, 1.165) is 5.56 Å². The normalized spacial score (nSPS) is 14.5. The highest BCUT2D eigenvalue weighted by atomic mass is 35.5. The van der Waals surface area contributed by atoms with E-state index >= 15 is 0 Å². The molecule has 0 atom stereocenters. The lowest BCUT2D eigenvalue weighted by Crippen LogP contribution is -2.49. The Bertz CT molecular complexity index is 1400. The fourth-order valence-electron chi connectivity index (χ4n) is 3.74. The zero-order valence-electron chi connectivity index (χ0n) is 17.9. The summed E-state index contributed by atoms with van der Waals surface area (Å²) in [7, 11) is 0. The number of amides is 2. The minimum absolute atomic E-state index is 0.191. The zero-order valence-corrected chi connectivity index (χ0v) is 19.5. The molecule has 1 aliphatic rings. The number of benzene rings is 2. The van der Waals surface area contributed by atoms with Gasteiger partial charge in [-0.3, -0.25) is 9.69 Å². The Balaban J connectivity index is 1.23. The number of carbonyl (C=O) groups excluding carboxylic acids is 1. The summed E-state index contributed by atoms with van der Waals surface area (Å²) in [6.45, 7) is 2.90. The van der Waals surface area contributed by atoms with Crippen LogP contribution in [0.5, 0.6) is 0 Å². The van der Waals surface area contributed by atoms with Gasteiger partial charge >= 0.3 is 6.03 Å². The van der Waals surface area contributed by atoms with E-state index in [0.29, 0.717) is 59.1 Å². The van der Waals surface area contributed by atoms with Gasteiger partial charge in [0.15, 0.2) is 0 Å². The maximum atomic E-state index is 13.2. The first kappa shape index (κ1) is 22.5. The maximum Gasteiger partial charge on any atom is 0.321 e. The van der Waals surface area contributed by atoms with Gasteiger partial charge in [-0.25, -0.2) is 14.2 Å². The van der Waals surface area contributed by atoms with Crippen molar-refractivity contribution in [2.45, 2.75) is 6.54 Å². The van der Waals surface area contributed by atoms with Gasteiger partial charge in [0.05, 0.1) is 16.4 Å². The van der Waals surface area contributed by atoms with Gasteiger partial charge in [-0.15, -0.1) is 0 Å². The van der Waals surface area contributed by atoms with Gasteiger partial charge < -0.3 is 10.2 Å². The number of fused-ring (bicyclic) bond motifs is 1. The Kier molecular flexibility index (Phi) is 6.27. The Hall–Kier alpha value is -3.34. The van der Waals surface area contributed by atoms with E-state index in [4.69, 9.17) is 11.6 Å². The Morgan fingerprint density at radius 3 is 2.56 bits per heavy atom. The molecule has 2 aromatic carbocycles. The standard InChI is InChI=1S/C23H20ClFN6O2S/c24-18-3-1-2-4-19(18)27-22(33)30-11-9-29(10-12-30)14-17-13-20(32)31-23(26-17)34-21(28-31)15-5-7-16(25)8-6-15/h1-8,13H,9-12,14H2,(H,27,33).